The summed E-state index contributed by atoms with van der Waals surface area (Å²) in [5, 5.41) is 3.41. The number of aryl methyl sites for hydroxylation is 2. The first-order valence-electron chi connectivity index (χ1n) is 4.90. The van der Waals surface area contributed by atoms with Crippen LogP contribution in [0.3, 0.4) is 0 Å². The molecule has 0 aromatic heterocycles. The Kier molecular flexibility index (Phi) is 3.35. The summed E-state index contributed by atoms with van der Waals surface area (Å²) in [5.74, 6) is 0.696. The molecule has 1 N–H and O–H groups in total. The molecule has 1 aromatic carbocycles. The van der Waals surface area contributed by atoms with Gasteiger partial charge in [-0.25, -0.2) is 0 Å². The average molecular weight is 177 g/mol. The Bertz CT molecular complexity index is 276. The van der Waals surface area contributed by atoms with Gasteiger partial charge in [0.25, 0.3) is 0 Å². The third-order valence-corrected chi connectivity index (χ3v) is 2.22. The molecule has 0 unspecified atom stereocenters. The van der Waals surface area contributed by atoms with Crippen molar-refractivity contribution in [2.24, 2.45) is 5.92 Å². The van der Waals surface area contributed by atoms with E-state index >= 15 is 0 Å². The Balaban J connectivity index is 2.63. The minimum absolute atomic E-state index is 0.696. The molecule has 0 spiro atoms. The maximum atomic E-state index is 3.41. The normalized spacial score (nSPS) is 10.5. The lowest BCUT2D eigenvalue weighted by molar-refractivity contribution is 0.689. The second-order valence-electron chi connectivity index (χ2n) is 4.07. The molecule has 0 aliphatic rings. The molecule has 0 amide bonds. The molecule has 1 nitrogen and oxygen atoms in total. The van der Waals surface area contributed by atoms with E-state index < -0.39 is 0 Å². The lowest BCUT2D eigenvalue weighted by Gasteiger charge is -2.10. The van der Waals surface area contributed by atoms with Crippen molar-refractivity contribution in [2.45, 2.75) is 27.7 Å². The molecule has 0 saturated heterocycles. The maximum Gasteiger partial charge on any atom is 0.0343 e. The predicted molar refractivity (Wildman–Crippen MR) is 59.2 cm³/mol. The van der Waals surface area contributed by atoms with Gasteiger partial charge in [0.1, 0.15) is 0 Å². The summed E-state index contributed by atoms with van der Waals surface area (Å²) in [5.41, 5.74) is 3.95. The first-order valence-corrected chi connectivity index (χ1v) is 4.90. The number of hydrogen-bond donors (Lipinski definition) is 1. The highest BCUT2D eigenvalue weighted by Gasteiger charge is 1.96. The Morgan fingerprint density at radius 2 is 1.85 bits per heavy atom. The maximum absolute atomic E-state index is 3.41. The van der Waals surface area contributed by atoms with Crippen LogP contribution in [0, 0.1) is 19.8 Å². The number of hydrogen-bond acceptors (Lipinski definition) is 1. The minimum atomic E-state index is 0.696. The van der Waals surface area contributed by atoms with Crippen LogP contribution in [0.4, 0.5) is 5.69 Å². The zero-order chi connectivity index (χ0) is 9.84. The second kappa shape index (κ2) is 4.31. The number of benzene rings is 1. The fraction of sp³-hybridized carbons (Fsp3) is 0.500. The molecule has 0 atom stereocenters. The standard InChI is InChI=1S/C12H19N/c1-9(2)8-13-12-6-5-10(3)11(4)7-12/h5-7,9,13H,8H2,1-4H3. The molecule has 1 heteroatoms. The first kappa shape index (κ1) is 10.1. The van der Waals surface area contributed by atoms with E-state index in [0.717, 1.165) is 6.54 Å². The van der Waals surface area contributed by atoms with Crippen molar-refractivity contribution in [1.29, 1.82) is 0 Å². The van der Waals surface area contributed by atoms with Crippen molar-refractivity contribution in [3.63, 3.8) is 0 Å². The lowest BCUT2D eigenvalue weighted by atomic mass is 10.1. The van der Waals surface area contributed by atoms with E-state index in [-0.39, 0.29) is 0 Å². The summed E-state index contributed by atoms with van der Waals surface area (Å²) in [6, 6.07) is 6.51. The van der Waals surface area contributed by atoms with Gasteiger partial charge in [-0.05, 0) is 43.0 Å². The summed E-state index contributed by atoms with van der Waals surface area (Å²) in [7, 11) is 0. The van der Waals surface area contributed by atoms with Gasteiger partial charge in [0.2, 0.25) is 0 Å². The van der Waals surface area contributed by atoms with Crippen LogP contribution in [-0.4, -0.2) is 6.54 Å². The monoisotopic (exact) mass is 177 g/mol. The fourth-order valence-corrected chi connectivity index (χ4v) is 1.17. The fourth-order valence-electron chi connectivity index (χ4n) is 1.17. The number of anilines is 1. The van der Waals surface area contributed by atoms with Crippen molar-refractivity contribution in [2.75, 3.05) is 11.9 Å². The highest BCUT2D eigenvalue weighted by Crippen LogP contribution is 2.14. The van der Waals surface area contributed by atoms with Crippen LogP contribution in [0.15, 0.2) is 18.2 Å². The summed E-state index contributed by atoms with van der Waals surface area (Å²) in [6.45, 7) is 9.77. The van der Waals surface area contributed by atoms with E-state index in [1.54, 1.807) is 0 Å². The first-order chi connectivity index (χ1) is 6.09. The van der Waals surface area contributed by atoms with Gasteiger partial charge in [0.05, 0.1) is 0 Å². The van der Waals surface area contributed by atoms with E-state index in [1.807, 2.05) is 0 Å². The van der Waals surface area contributed by atoms with E-state index in [1.165, 1.54) is 16.8 Å². The highest BCUT2D eigenvalue weighted by atomic mass is 14.9. The van der Waals surface area contributed by atoms with Gasteiger partial charge < -0.3 is 5.32 Å². The Morgan fingerprint density at radius 3 is 2.38 bits per heavy atom. The van der Waals surface area contributed by atoms with Gasteiger partial charge in [-0.3, -0.25) is 0 Å². The topological polar surface area (TPSA) is 12.0 Å². The third kappa shape index (κ3) is 3.10. The Labute approximate surface area is 81.2 Å². The van der Waals surface area contributed by atoms with Crippen LogP contribution in [-0.2, 0) is 0 Å². The van der Waals surface area contributed by atoms with Gasteiger partial charge >= 0.3 is 0 Å². The van der Waals surface area contributed by atoms with Crippen molar-refractivity contribution in [3.05, 3.63) is 29.3 Å². The third-order valence-electron chi connectivity index (χ3n) is 2.22. The van der Waals surface area contributed by atoms with Crippen molar-refractivity contribution in [1.82, 2.24) is 0 Å². The van der Waals surface area contributed by atoms with E-state index in [0.29, 0.717) is 5.92 Å². The van der Waals surface area contributed by atoms with Crippen LogP contribution in [0.25, 0.3) is 0 Å². The Morgan fingerprint density at radius 1 is 1.15 bits per heavy atom. The van der Waals surface area contributed by atoms with Crippen LogP contribution in [0.5, 0.6) is 0 Å². The van der Waals surface area contributed by atoms with E-state index in [4.69, 9.17) is 0 Å². The van der Waals surface area contributed by atoms with Crippen LogP contribution >= 0.6 is 0 Å². The minimum Gasteiger partial charge on any atom is -0.385 e. The van der Waals surface area contributed by atoms with Gasteiger partial charge in [0.15, 0.2) is 0 Å². The lowest BCUT2D eigenvalue weighted by Crippen LogP contribution is -2.07. The van der Waals surface area contributed by atoms with Gasteiger partial charge in [-0.2, -0.15) is 0 Å². The molecule has 0 fully saturated rings. The molecular weight excluding hydrogens is 158 g/mol. The predicted octanol–water partition coefficient (Wildman–Crippen LogP) is 3.37. The summed E-state index contributed by atoms with van der Waals surface area (Å²) in [6.07, 6.45) is 0. The van der Waals surface area contributed by atoms with Gasteiger partial charge in [-0.1, -0.05) is 19.9 Å². The van der Waals surface area contributed by atoms with Crippen molar-refractivity contribution in [3.8, 4) is 0 Å². The Hall–Kier alpha value is -0.980. The summed E-state index contributed by atoms with van der Waals surface area (Å²) in [4.78, 5) is 0. The highest BCUT2D eigenvalue weighted by molar-refractivity contribution is 5.47. The van der Waals surface area contributed by atoms with Gasteiger partial charge in [-0.15, -0.1) is 0 Å². The molecule has 0 bridgehead atoms. The van der Waals surface area contributed by atoms with E-state index in [9.17, 15) is 0 Å². The molecule has 0 heterocycles. The largest absolute Gasteiger partial charge is 0.385 e. The molecular formula is C12H19N. The molecule has 1 aromatic rings. The second-order valence-corrected chi connectivity index (χ2v) is 4.07. The molecule has 72 valence electrons. The molecule has 0 radical (unpaired) electrons. The number of nitrogens with one attached hydrogen (secondary N) is 1. The molecule has 0 aliphatic heterocycles. The molecule has 1 rings (SSSR count). The molecule has 0 saturated carbocycles. The smallest absolute Gasteiger partial charge is 0.0343 e. The molecule has 13 heavy (non-hydrogen) atoms. The zero-order valence-corrected chi connectivity index (χ0v) is 9.02. The molecule has 0 aliphatic carbocycles. The van der Waals surface area contributed by atoms with Crippen LogP contribution < -0.4 is 5.32 Å². The van der Waals surface area contributed by atoms with Gasteiger partial charge in [0, 0.05) is 12.2 Å². The van der Waals surface area contributed by atoms with Crippen LogP contribution in [0.2, 0.25) is 0 Å². The van der Waals surface area contributed by atoms with E-state index in [2.05, 4.69) is 51.2 Å². The summed E-state index contributed by atoms with van der Waals surface area (Å²) >= 11 is 0. The van der Waals surface area contributed by atoms with Crippen molar-refractivity contribution >= 4 is 5.69 Å². The quantitative estimate of drug-likeness (QED) is 0.746. The van der Waals surface area contributed by atoms with Crippen LogP contribution in [0.1, 0.15) is 25.0 Å². The SMILES string of the molecule is Cc1ccc(NCC(C)C)cc1C. The van der Waals surface area contributed by atoms with Crippen molar-refractivity contribution < 1.29 is 0 Å². The average Bonchev–Trinajstić information content (AvgIpc) is 2.07. The number of rotatable bonds is 3. The summed E-state index contributed by atoms with van der Waals surface area (Å²) < 4.78 is 0. The zero-order valence-electron chi connectivity index (χ0n) is 9.02.